The van der Waals surface area contributed by atoms with Crippen LogP contribution in [0.3, 0.4) is 0 Å². The Kier molecular flexibility index (Phi) is 8.15. The van der Waals surface area contributed by atoms with Gasteiger partial charge in [-0.3, -0.25) is 4.99 Å². The van der Waals surface area contributed by atoms with Crippen molar-refractivity contribution in [2.24, 2.45) is 4.99 Å². The second kappa shape index (κ2) is 9.34. The number of aliphatic imine (C=N–C) groups is 1. The topological polar surface area (TPSA) is 36.4 Å². The van der Waals surface area contributed by atoms with Crippen molar-refractivity contribution < 1.29 is 13.2 Å². The highest BCUT2D eigenvalue weighted by atomic mass is 127. The number of rotatable bonds is 3. The Morgan fingerprint density at radius 2 is 1.74 bits per heavy atom. The lowest BCUT2D eigenvalue weighted by molar-refractivity contribution is -0.137. The molecule has 1 fully saturated rings. The minimum atomic E-state index is -4.29. The van der Waals surface area contributed by atoms with Crippen LogP contribution in [-0.2, 0) is 12.7 Å². The Bertz CT molecular complexity index is 494. The van der Waals surface area contributed by atoms with Crippen molar-refractivity contribution in [3.05, 3.63) is 35.4 Å². The van der Waals surface area contributed by atoms with E-state index in [2.05, 4.69) is 15.6 Å². The summed E-state index contributed by atoms with van der Waals surface area (Å²) in [5.74, 6) is 0.701. The third-order valence-corrected chi connectivity index (χ3v) is 3.91. The molecule has 0 aromatic heterocycles. The normalized spacial score (nSPS) is 16.6. The first-order valence-electron chi connectivity index (χ1n) is 7.62. The van der Waals surface area contributed by atoms with Crippen LogP contribution in [0.25, 0.3) is 0 Å². The summed E-state index contributed by atoms with van der Waals surface area (Å²) in [5.41, 5.74) is 0.167. The SMILES string of the molecule is CN=C(NCc1ccc(C(F)(F)F)cc1)NC1CCCCC1.I. The number of guanidine groups is 1. The molecule has 0 amide bonds. The van der Waals surface area contributed by atoms with Crippen LogP contribution in [0, 0.1) is 0 Å². The summed E-state index contributed by atoms with van der Waals surface area (Å²) in [6.45, 7) is 0.449. The molecule has 0 radical (unpaired) electrons. The maximum absolute atomic E-state index is 12.5. The fourth-order valence-electron chi connectivity index (χ4n) is 2.63. The van der Waals surface area contributed by atoms with Gasteiger partial charge in [-0.1, -0.05) is 31.4 Å². The van der Waals surface area contributed by atoms with E-state index in [1.54, 1.807) is 7.05 Å². The van der Waals surface area contributed by atoms with Crippen molar-refractivity contribution in [3.63, 3.8) is 0 Å². The number of hydrogen-bond donors (Lipinski definition) is 2. The van der Waals surface area contributed by atoms with E-state index in [0.717, 1.165) is 30.5 Å². The van der Waals surface area contributed by atoms with Crippen molar-refractivity contribution in [2.75, 3.05) is 7.05 Å². The third-order valence-electron chi connectivity index (χ3n) is 3.91. The predicted octanol–water partition coefficient (Wildman–Crippen LogP) is 4.32. The highest BCUT2D eigenvalue weighted by Crippen LogP contribution is 2.29. The van der Waals surface area contributed by atoms with E-state index in [1.165, 1.54) is 31.4 Å². The van der Waals surface area contributed by atoms with E-state index < -0.39 is 11.7 Å². The molecule has 0 atom stereocenters. The van der Waals surface area contributed by atoms with Crippen molar-refractivity contribution in [1.29, 1.82) is 0 Å². The van der Waals surface area contributed by atoms with Gasteiger partial charge >= 0.3 is 6.18 Å². The van der Waals surface area contributed by atoms with Crippen LogP contribution in [0.4, 0.5) is 13.2 Å². The fraction of sp³-hybridized carbons (Fsp3) is 0.562. The van der Waals surface area contributed by atoms with Gasteiger partial charge in [0.1, 0.15) is 0 Å². The zero-order chi connectivity index (χ0) is 16.0. The lowest BCUT2D eigenvalue weighted by Gasteiger charge is -2.24. The van der Waals surface area contributed by atoms with Gasteiger partial charge in [0.15, 0.2) is 5.96 Å². The number of nitrogens with one attached hydrogen (secondary N) is 2. The number of benzene rings is 1. The maximum atomic E-state index is 12.5. The average Bonchev–Trinajstić information content (AvgIpc) is 2.52. The van der Waals surface area contributed by atoms with E-state index in [0.29, 0.717) is 18.5 Å². The van der Waals surface area contributed by atoms with Gasteiger partial charge in [0.25, 0.3) is 0 Å². The summed E-state index contributed by atoms with van der Waals surface area (Å²) in [6.07, 6.45) is 1.74. The molecule has 0 spiro atoms. The molecule has 1 aromatic rings. The van der Waals surface area contributed by atoms with Gasteiger partial charge in [-0.2, -0.15) is 13.2 Å². The highest BCUT2D eigenvalue weighted by molar-refractivity contribution is 14.0. The monoisotopic (exact) mass is 441 g/mol. The first-order valence-corrected chi connectivity index (χ1v) is 7.62. The Labute approximate surface area is 152 Å². The molecule has 0 heterocycles. The van der Waals surface area contributed by atoms with Gasteiger partial charge in [-0.25, -0.2) is 0 Å². The summed E-state index contributed by atoms with van der Waals surface area (Å²) >= 11 is 0. The fourth-order valence-corrected chi connectivity index (χ4v) is 2.63. The van der Waals surface area contributed by atoms with Crippen molar-refractivity contribution in [3.8, 4) is 0 Å². The first kappa shape index (κ1) is 20.1. The smallest absolute Gasteiger partial charge is 0.354 e. The van der Waals surface area contributed by atoms with E-state index >= 15 is 0 Å². The molecule has 1 aliphatic carbocycles. The number of nitrogens with zero attached hydrogens (tertiary/aromatic N) is 1. The molecule has 23 heavy (non-hydrogen) atoms. The van der Waals surface area contributed by atoms with Crippen LogP contribution in [0.5, 0.6) is 0 Å². The highest BCUT2D eigenvalue weighted by Gasteiger charge is 2.29. The lowest BCUT2D eigenvalue weighted by atomic mass is 9.96. The maximum Gasteiger partial charge on any atom is 0.416 e. The molecule has 0 unspecified atom stereocenters. The van der Waals surface area contributed by atoms with Gasteiger partial charge in [-0.05, 0) is 30.5 Å². The Hall–Kier alpha value is -0.990. The summed E-state index contributed by atoms with van der Waals surface area (Å²) in [4.78, 5) is 4.17. The number of halogens is 4. The van der Waals surface area contributed by atoms with E-state index in [1.807, 2.05) is 0 Å². The first-order chi connectivity index (χ1) is 10.5. The number of hydrogen-bond acceptors (Lipinski definition) is 1. The standard InChI is InChI=1S/C16H22F3N3.HI/c1-20-15(22-14-5-3-2-4-6-14)21-11-12-7-9-13(10-8-12)16(17,18)19;/h7-10,14H,2-6,11H2,1H3,(H2,20,21,22);1H. The molecule has 2 rings (SSSR count). The van der Waals surface area contributed by atoms with Crippen LogP contribution < -0.4 is 10.6 Å². The molecule has 1 aromatic carbocycles. The zero-order valence-electron chi connectivity index (χ0n) is 13.1. The third kappa shape index (κ3) is 6.56. The van der Waals surface area contributed by atoms with Crippen LogP contribution in [0.2, 0.25) is 0 Å². The molecule has 0 bridgehead atoms. The van der Waals surface area contributed by atoms with Crippen molar-refractivity contribution >= 4 is 29.9 Å². The summed E-state index contributed by atoms with van der Waals surface area (Å²) in [5, 5.41) is 6.52. The van der Waals surface area contributed by atoms with Gasteiger partial charge in [0, 0.05) is 19.6 Å². The van der Waals surface area contributed by atoms with Crippen LogP contribution in [-0.4, -0.2) is 19.0 Å². The van der Waals surface area contributed by atoms with Crippen LogP contribution >= 0.6 is 24.0 Å². The Morgan fingerprint density at radius 1 is 1.13 bits per heavy atom. The second-order valence-corrected chi connectivity index (χ2v) is 5.60. The van der Waals surface area contributed by atoms with Gasteiger partial charge < -0.3 is 10.6 Å². The van der Waals surface area contributed by atoms with Crippen molar-refractivity contribution in [2.45, 2.75) is 50.9 Å². The molecule has 7 heteroatoms. The van der Waals surface area contributed by atoms with E-state index in [9.17, 15) is 13.2 Å². The Balaban J connectivity index is 0.00000264. The predicted molar refractivity (Wildman–Crippen MR) is 97.1 cm³/mol. The Morgan fingerprint density at radius 3 is 2.26 bits per heavy atom. The van der Waals surface area contributed by atoms with E-state index in [-0.39, 0.29) is 24.0 Å². The van der Waals surface area contributed by atoms with Gasteiger partial charge in [0.2, 0.25) is 0 Å². The summed E-state index contributed by atoms with van der Waals surface area (Å²) in [7, 11) is 1.70. The molecule has 1 saturated carbocycles. The molecule has 130 valence electrons. The zero-order valence-corrected chi connectivity index (χ0v) is 15.4. The minimum absolute atomic E-state index is 0. The van der Waals surface area contributed by atoms with Crippen molar-refractivity contribution in [1.82, 2.24) is 10.6 Å². The second-order valence-electron chi connectivity index (χ2n) is 5.60. The number of alkyl halides is 3. The summed E-state index contributed by atoms with van der Waals surface area (Å²) in [6, 6.07) is 5.63. The van der Waals surface area contributed by atoms with Crippen LogP contribution in [0.1, 0.15) is 43.2 Å². The van der Waals surface area contributed by atoms with Gasteiger partial charge in [-0.15, -0.1) is 24.0 Å². The molecule has 0 aliphatic heterocycles. The summed E-state index contributed by atoms with van der Waals surface area (Å²) < 4.78 is 37.5. The quantitative estimate of drug-likeness (QED) is 0.417. The lowest BCUT2D eigenvalue weighted by Crippen LogP contribution is -2.43. The molecule has 3 nitrogen and oxygen atoms in total. The average molecular weight is 441 g/mol. The molecule has 1 aliphatic rings. The molecule has 2 N–H and O–H groups in total. The molecule has 0 saturated heterocycles. The largest absolute Gasteiger partial charge is 0.416 e. The van der Waals surface area contributed by atoms with E-state index in [4.69, 9.17) is 0 Å². The van der Waals surface area contributed by atoms with Crippen LogP contribution in [0.15, 0.2) is 29.3 Å². The molecular weight excluding hydrogens is 418 g/mol. The van der Waals surface area contributed by atoms with Gasteiger partial charge in [0.05, 0.1) is 5.56 Å². The minimum Gasteiger partial charge on any atom is -0.354 e. The molecular formula is C16H23F3IN3.